The largest absolute Gasteiger partial charge is 0.351 e. The molecular weight excluding hydrogens is 294 g/mol. The number of amides is 3. The molecule has 7 nitrogen and oxygen atoms in total. The van der Waals surface area contributed by atoms with E-state index in [-0.39, 0.29) is 5.91 Å². The van der Waals surface area contributed by atoms with Crippen LogP contribution in [0.2, 0.25) is 0 Å². The minimum absolute atomic E-state index is 0.247. The fourth-order valence-corrected chi connectivity index (χ4v) is 2.15. The number of rotatable bonds is 4. The Morgan fingerprint density at radius 2 is 1.70 bits per heavy atom. The molecule has 0 fully saturated rings. The zero-order valence-corrected chi connectivity index (χ0v) is 13.3. The lowest BCUT2D eigenvalue weighted by Crippen LogP contribution is -2.19. The molecule has 0 radical (unpaired) electrons. The van der Waals surface area contributed by atoms with Gasteiger partial charge in [-0.3, -0.25) is 9.48 Å². The van der Waals surface area contributed by atoms with Gasteiger partial charge in [-0.05, 0) is 44.2 Å². The van der Waals surface area contributed by atoms with Gasteiger partial charge in [-0.1, -0.05) is 0 Å². The van der Waals surface area contributed by atoms with Crippen LogP contribution in [0.4, 0.5) is 16.2 Å². The number of hydrogen-bond donors (Lipinski definition) is 3. The van der Waals surface area contributed by atoms with Crippen LogP contribution in [0.25, 0.3) is 6.08 Å². The Hall–Kier alpha value is -3.09. The van der Waals surface area contributed by atoms with E-state index in [0.29, 0.717) is 11.4 Å². The number of hydrogen-bond acceptors (Lipinski definition) is 3. The highest BCUT2D eigenvalue weighted by molar-refractivity contribution is 6.02. The lowest BCUT2D eigenvalue weighted by molar-refractivity contribution is -0.111. The van der Waals surface area contributed by atoms with Crippen molar-refractivity contribution >= 4 is 29.4 Å². The second-order valence-corrected chi connectivity index (χ2v) is 5.10. The molecule has 0 bridgehead atoms. The number of primary amides is 1. The third-order valence-corrected chi connectivity index (χ3v) is 3.39. The van der Waals surface area contributed by atoms with Crippen molar-refractivity contribution in [1.29, 1.82) is 0 Å². The highest BCUT2D eigenvalue weighted by atomic mass is 16.2. The third-order valence-electron chi connectivity index (χ3n) is 3.39. The van der Waals surface area contributed by atoms with E-state index in [1.165, 1.54) is 6.08 Å². The molecule has 0 saturated carbocycles. The van der Waals surface area contributed by atoms with E-state index in [2.05, 4.69) is 15.7 Å². The van der Waals surface area contributed by atoms with Crippen LogP contribution in [0, 0.1) is 13.8 Å². The zero-order chi connectivity index (χ0) is 17.0. The number of anilines is 2. The first kappa shape index (κ1) is 16.3. The van der Waals surface area contributed by atoms with Crippen molar-refractivity contribution in [1.82, 2.24) is 9.78 Å². The smallest absolute Gasteiger partial charge is 0.316 e. The topological polar surface area (TPSA) is 102 Å². The highest BCUT2D eigenvalue weighted by Crippen LogP contribution is 2.15. The van der Waals surface area contributed by atoms with Gasteiger partial charge in [-0.25, -0.2) is 4.79 Å². The Morgan fingerprint density at radius 3 is 2.17 bits per heavy atom. The van der Waals surface area contributed by atoms with Gasteiger partial charge >= 0.3 is 6.03 Å². The van der Waals surface area contributed by atoms with Gasteiger partial charge in [0.15, 0.2) is 0 Å². The van der Waals surface area contributed by atoms with Gasteiger partial charge in [0.05, 0.1) is 5.69 Å². The van der Waals surface area contributed by atoms with Crippen LogP contribution in [-0.4, -0.2) is 21.7 Å². The average molecular weight is 313 g/mol. The van der Waals surface area contributed by atoms with Gasteiger partial charge in [0.25, 0.3) is 0 Å². The zero-order valence-electron chi connectivity index (χ0n) is 13.3. The van der Waals surface area contributed by atoms with Crippen LogP contribution in [0.15, 0.2) is 30.3 Å². The SMILES string of the molecule is Cc1nn(C)c(C)c1/C=C/C(=O)Nc1ccc(NC(N)=O)cc1. The molecule has 0 aliphatic heterocycles. The summed E-state index contributed by atoms with van der Waals surface area (Å²) in [5.41, 5.74) is 9.01. The average Bonchev–Trinajstić information content (AvgIpc) is 2.72. The van der Waals surface area contributed by atoms with E-state index in [9.17, 15) is 9.59 Å². The number of urea groups is 1. The summed E-state index contributed by atoms with van der Waals surface area (Å²) in [6.45, 7) is 3.84. The summed E-state index contributed by atoms with van der Waals surface area (Å²) in [6, 6.07) is 6.03. The number of nitrogens with one attached hydrogen (secondary N) is 2. The van der Waals surface area contributed by atoms with Crippen LogP contribution in [0.5, 0.6) is 0 Å². The molecule has 1 aromatic carbocycles. The Morgan fingerprint density at radius 1 is 1.13 bits per heavy atom. The maximum Gasteiger partial charge on any atom is 0.316 e. The van der Waals surface area contributed by atoms with Crippen molar-refractivity contribution in [2.45, 2.75) is 13.8 Å². The van der Waals surface area contributed by atoms with Crippen LogP contribution in [-0.2, 0) is 11.8 Å². The summed E-state index contributed by atoms with van der Waals surface area (Å²) in [7, 11) is 1.86. The summed E-state index contributed by atoms with van der Waals surface area (Å²) in [5, 5.41) is 9.49. The van der Waals surface area contributed by atoms with Crippen LogP contribution < -0.4 is 16.4 Å². The number of aromatic nitrogens is 2. The fourth-order valence-electron chi connectivity index (χ4n) is 2.15. The van der Waals surface area contributed by atoms with Crippen molar-refractivity contribution in [3.63, 3.8) is 0 Å². The van der Waals surface area contributed by atoms with Gasteiger partial charge in [-0.15, -0.1) is 0 Å². The molecule has 1 aromatic heterocycles. The molecule has 0 saturated heterocycles. The molecule has 2 rings (SSSR count). The van der Waals surface area contributed by atoms with Gasteiger partial charge < -0.3 is 16.4 Å². The molecule has 120 valence electrons. The number of carbonyl (C=O) groups excluding carboxylic acids is 2. The molecule has 7 heteroatoms. The Balaban J connectivity index is 2.01. The summed E-state index contributed by atoms with van der Waals surface area (Å²) in [4.78, 5) is 22.7. The fraction of sp³-hybridized carbons (Fsp3) is 0.188. The number of carbonyl (C=O) groups is 2. The van der Waals surface area contributed by atoms with Crippen molar-refractivity contribution in [2.75, 3.05) is 10.6 Å². The van der Waals surface area contributed by atoms with Crippen molar-refractivity contribution in [3.8, 4) is 0 Å². The first-order valence-electron chi connectivity index (χ1n) is 7.02. The monoisotopic (exact) mass is 313 g/mol. The Bertz CT molecular complexity index is 760. The van der Waals surface area contributed by atoms with Gasteiger partial charge in [0.1, 0.15) is 0 Å². The minimum Gasteiger partial charge on any atom is -0.351 e. The minimum atomic E-state index is -0.632. The van der Waals surface area contributed by atoms with E-state index < -0.39 is 6.03 Å². The molecule has 3 amide bonds. The number of nitrogens with two attached hydrogens (primary N) is 1. The van der Waals surface area contributed by atoms with Crippen LogP contribution in [0.1, 0.15) is 17.0 Å². The quantitative estimate of drug-likeness (QED) is 0.754. The first-order chi connectivity index (χ1) is 10.9. The second kappa shape index (κ2) is 6.78. The molecule has 0 atom stereocenters. The molecule has 2 aromatic rings. The van der Waals surface area contributed by atoms with Gasteiger partial charge in [0, 0.05) is 35.8 Å². The highest BCUT2D eigenvalue weighted by Gasteiger charge is 2.06. The molecule has 1 heterocycles. The van der Waals surface area contributed by atoms with Crippen molar-refractivity contribution in [2.24, 2.45) is 12.8 Å². The van der Waals surface area contributed by atoms with Crippen molar-refractivity contribution < 1.29 is 9.59 Å². The van der Waals surface area contributed by atoms with Gasteiger partial charge in [-0.2, -0.15) is 5.10 Å². The van der Waals surface area contributed by atoms with E-state index in [1.54, 1.807) is 35.0 Å². The summed E-state index contributed by atoms with van der Waals surface area (Å²) < 4.78 is 1.78. The summed E-state index contributed by atoms with van der Waals surface area (Å²) in [6.07, 6.45) is 3.21. The Kier molecular flexibility index (Phi) is 4.80. The molecule has 0 spiro atoms. The van der Waals surface area contributed by atoms with Crippen LogP contribution >= 0.6 is 0 Å². The van der Waals surface area contributed by atoms with E-state index in [4.69, 9.17) is 5.73 Å². The van der Waals surface area contributed by atoms with E-state index in [1.807, 2.05) is 20.9 Å². The van der Waals surface area contributed by atoms with Crippen LogP contribution in [0.3, 0.4) is 0 Å². The molecule has 0 aliphatic carbocycles. The lowest BCUT2D eigenvalue weighted by atomic mass is 10.2. The van der Waals surface area contributed by atoms with E-state index in [0.717, 1.165) is 17.0 Å². The standard InChI is InChI=1S/C16H19N5O2/c1-10-14(11(2)21(3)20-10)8-9-15(22)18-12-4-6-13(7-5-12)19-16(17)23/h4-9H,1-3H3,(H,18,22)(H3,17,19,23)/b9-8+. The predicted octanol–water partition coefficient (Wildman–Crippen LogP) is 2.18. The maximum absolute atomic E-state index is 12.0. The molecule has 23 heavy (non-hydrogen) atoms. The first-order valence-corrected chi connectivity index (χ1v) is 7.02. The molecular formula is C16H19N5O2. The lowest BCUT2D eigenvalue weighted by Gasteiger charge is -2.05. The molecule has 0 aliphatic rings. The van der Waals surface area contributed by atoms with Gasteiger partial charge in [0.2, 0.25) is 5.91 Å². The molecule has 4 N–H and O–H groups in total. The predicted molar refractivity (Wildman–Crippen MR) is 90.0 cm³/mol. The van der Waals surface area contributed by atoms with Crippen molar-refractivity contribution in [3.05, 3.63) is 47.3 Å². The summed E-state index contributed by atoms with van der Waals surface area (Å²) >= 11 is 0. The van der Waals surface area contributed by atoms with E-state index >= 15 is 0 Å². The third kappa shape index (κ3) is 4.19. The summed E-state index contributed by atoms with van der Waals surface area (Å²) in [5.74, 6) is -0.247. The number of aryl methyl sites for hydroxylation is 2. The number of benzene rings is 1. The molecule has 0 unspecified atom stereocenters. The maximum atomic E-state index is 12.0. The normalized spacial score (nSPS) is 10.7. The number of nitrogens with zero attached hydrogens (tertiary/aromatic N) is 2. The Labute approximate surface area is 134 Å². The second-order valence-electron chi connectivity index (χ2n) is 5.10.